The van der Waals surface area contributed by atoms with E-state index < -0.39 is 9.84 Å². The van der Waals surface area contributed by atoms with Gasteiger partial charge >= 0.3 is 0 Å². The fourth-order valence-electron chi connectivity index (χ4n) is 1.00. The minimum Gasteiger partial charge on any atom is -0.364 e. The topological polar surface area (TPSA) is 72.2 Å². The van der Waals surface area contributed by atoms with Crippen LogP contribution in [0.3, 0.4) is 0 Å². The summed E-state index contributed by atoms with van der Waals surface area (Å²) < 4.78 is 26.2. The molecular formula is C8H14N2O3S. The van der Waals surface area contributed by atoms with Crippen molar-refractivity contribution in [2.45, 2.75) is 13.0 Å². The molecule has 0 radical (unpaired) electrons. The maximum Gasteiger partial charge on any atom is 0.147 e. The summed E-state index contributed by atoms with van der Waals surface area (Å²) in [7, 11) is -2.83. The largest absolute Gasteiger partial charge is 0.364 e. The number of nitrogens with one attached hydrogen (secondary N) is 1. The molecule has 0 atom stereocenters. The third-order valence-electron chi connectivity index (χ3n) is 1.67. The first-order valence-electron chi connectivity index (χ1n) is 4.35. The summed E-state index contributed by atoms with van der Waals surface area (Å²) in [6, 6.07) is 1.77. The molecule has 6 heteroatoms. The molecule has 5 nitrogen and oxygen atoms in total. The Labute approximate surface area is 83.4 Å². The molecule has 1 aromatic rings. The average Bonchev–Trinajstić information content (AvgIpc) is 2.54. The van der Waals surface area contributed by atoms with Gasteiger partial charge in [-0.25, -0.2) is 8.42 Å². The van der Waals surface area contributed by atoms with Gasteiger partial charge in [-0.15, -0.1) is 0 Å². The van der Waals surface area contributed by atoms with Crippen molar-refractivity contribution in [1.29, 1.82) is 0 Å². The van der Waals surface area contributed by atoms with Gasteiger partial charge in [0, 0.05) is 18.9 Å². The van der Waals surface area contributed by atoms with Crippen LogP contribution < -0.4 is 5.32 Å². The summed E-state index contributed by atoms with van der Waals surface area (Å²) in [5.41, 5.74) is 0.823. The third-order valence-corrected chi connectivity index (χ3v) is 2.70. The highest BCUT2D eigenvalue weighted by Gasteiger charge is 2.01. The van der Waals surface area contributed by atoms with Gasteiger partial charge < -0.3 is 9.84 Å². The summed E-state index contributed by atoms with van der Waals surface area (Å²) in [6.07, 6.45) is 3.37. The van der Waals surface area contributed by atoms with Crippen LogP contribution in [0.25, 0.3) is 0 Å². The molecule has 14 heavy (non-hydrogen) atoms. The third kappa shape index (κ3) is 4.98. The monoisotopic (exact) mass is 218 g/mol. The van der Waals surface area contributed by atoms with E-state index in [0.717, 1.165) is 5.69 Å². The first-order chi connectivity index (χ1) is 6.58. The summed E-state index contributed by atoms with van der Waals surface area (Å²) in [4.78, 5) is 0. The molecule has 0 fully saturated rings. The number of aromatic nitrogens is 1. The van der Waals surface area contributed by atoms with Gasteiger partial charge in [-0.2, -0.15) is 0 Å². The highest BCUT2D eigenvalue weighted by molar-refractivity contribution is 7.90. The molecule has 80 valence electrons. The highest BCUT2D eigenvalue weighted by Crippen LogP contribution is 1.93. The molecule has 1 rings (SSSR count). The van der Waals surface area contributed by atoms with Crippen molar-refractivity contribution in [3.63, 3.8) is 0 Å². The van der Waals surface area contributed by atoms with Crippen LogP contribution in [0.1, 0.15) is 12.1 Å². The molecule has 0 spiro atoms. The van der Waals surface area contributed by atoms with E-state index in [2.05, 4.69) is 15.0 Å². The summed E-state index contributed by atoms with van der Waals surface area (Å²) in [5.74, 6) is 0.221. The summed E-state index contributed by atoms with van der Waals surface area (Å²) in [5, 5.41) is 6.78. The fraction of sp³-hybridized carbons (Fsp3) is 0.625. The number of nitrogens with zero attached hydrogens (tertiary/aromatic N) is 1. The van der Waals surface area contributed by atoms with Crippen LogP contribution in [-0.4, -0.2) is 32.1 Å². The van der Waals surface area contributed by atoms with Crippen LogP contribution in [0.4, 0.5) is 0 Å². The molecule has 0 aliphatic carbocycles. The van der Waals surface area contributed by atoms with Gasteiger partial charge in [-0.05, 0) is 13.0 Å². The van der Waals surface area contributed by atoms with Crippen molar-refractivity contribution in [1.82, 2.24) is 10.5 Å². The second kappa shape index (κ2) is 5.11. The minimum atomic E-state index is -2.83. The van der Waals surface area contributed by atoms with E-state index in [1.807, 2.05) is 0 Å². The predicted octanol–water partition coefficient (Wildman–Crippen LogP) is 0.199. The van der Waals surface area contributed by atoms with Crippen molar-refractivity contribution < 1.29 is 12.9 Å². The lowest BCUT2D eigenvalue weighted by Crippen LogP contribution is -2.17. The molecule has 1 aromatic heterocycles. The van der Waals surface area contributed by atoms with E-state index in [-0.39, 0.29) is 5.75 Å². The van der Waals surface area contributed by atoms with Crippen LogP contribution >= 0.6 is 0 Å². The normalized spacial score (nSPS) is 11.8. The van der Waals surface area contributed by atoms with Crippen molar-refractivity contribution in [3.8, 4) is 0 Å². The maximum absolute atomic E-state index is 10.8. The molecule has 0 unspecified atom stereocenters. The SMILES string of the molecule is CS(=O)(=O)CCCNCc1ccon1. The maximum atomic E-state index is 10.8. The van der Waals surface area contributed by atoms with Gasteiger partial charge in [0.2, 0.25) is 0 Å². The van der Waals surface area contributed by atoms with E-state index in [4.69, 9.17) is 0 Å². The van der Waals surface area contributed by atoms with Crippen LogP contribution in [0.5, 0.6) is 0 Å². The zero-order valence-corrected chi connectivity index (χ0v) is 8.88. The summed E-state index contributed by atoms with van der Waals surface area (Å²) in [6.45, 7) is 1.28. The molecule has 0 aliphatic heterocycles. The van der Waals surface area contributed by atoms with E-state index in [1.165, 1.54) is 12.5 Å². The van der Waals surface area contributed by atoms with Gasteiger partial charge in [0.15, 0.2) is 0 Å². The van der Waals surface area contributed by atoms with Crippen LogP contribution in [0.15, 0.2) is 16.9 Å². The van der Waals surface area contributed by atoms with Crippen LogP contribution in [0, 0.1) is 0 Å². The second-order valence-corrected chi connectivity index (χ2v) is 5.41. The molecule has 1 N–H and O–H groups in total. The Morgan fingerprint density at radius 3 is 2.93 bits per heavy atom. The Morgan fingerprint density at radius 2 is 2.36 bits per heavy atom. The number of sulfone groups is 1. The van der Waals surface area contributed by atoms with Crippen molar-refractivity contribution in [2.75, 3.05) is 18.6 Å². The van der Waals surface area contributed by atoms with Crippen molar-refractivity contribution in [2.24, 2.45) is 0 Å². The average molecular weight is 218 g/mol. The predicted molar refractivity (Wildman–Crippen MR) is 52.5 cm³/mol. The second-order valence-electron chi connectivity index (χ2n) is 3.15. The first-order valence-corrected chi connectivity index (χ1v) is 6.42. The lowest BCUT2D eigenvalue weighted by molar-refractivity contribution is 0.408. The van der Waals surface area contributed by atoms with E-state index in [0.29, 0.717) is 19.5 Å². The lowest BCUT2D eigenvalue weighted by Gasteiger charge is -2.00. The van der Waals surface area contributed by atoms with Crippen molar-refractivity contribution in [3.05, 3.63) is 18.0 Å². The van der Waals surface area contributed by atoms with Crippen LogP contribution in [0.2, 0.25) is 0 Å². The first kappa shape index (κ1) is 11.2. The number of hydrogen-bond acceptors (Lipinski definition) is 5. The molecule has 1 heterocycles. The Hall–Kier alpha value is -0.880. The molecule has 0 aromatic carbocycles. The molecule has 0 saturated heterocycles. The van der Waals surface area contributed by atoms with Gasteiger partial charge in [0.25, 0.3) is 0 Å². The van der Waals surface area contributed by atoms with E-state index >= 15 is 0 Å². The van der Waals surface area contributed by atoms with Gasteiger partial charge in [-0.1, -0.05) is 5.16 Å². The molecule has 0 saturated carbocycles. The van der Waals surface area contributed by atoms with Gasteiger partial charge in [-0.3, -0.25) is 0 Å². The van der Waals surface area contributed by atoms with E-state index in [9.17, 15) is 8.42 Å². The standard InChI is InChI=1S/C8H14N2O3S/c1-14(11,12)6-2-4-9-7-8-3-5-13-10-8/h3,5,9H,2,4,6-7H2,1H3. The quantitative estimate of drug-likeness (QED) is 0.690. The smallest absolute Gasteiger partial charge is 0.147 e. The highest BCUT2D eigenvalue weighted by atomic mass is 32.2. The number of hydrogen-bond donors (Lipinski definition) is 1. The van der Waals surface area contributed by atoms with Gasteiger partial charge in [0.1, 0.15) is 16.1 Å². The Kier molecular flexibility index (Phi) is 4.09. The molecule has 0 amide bonds. The fourth-order valence-corrected chi connectivity index (χ4v) is 1.67. The van der Waals surface area contributed by atoms with E-state index in [1.54, 1.807) is 6.07 Å². The number of rotatable bonds is 6. The Bertz CT molecular complexity index is 345. The minimum absolute atomic E-state index is 0.221. The zero-order chi connectivity index (χ0) is 10.4. The molecule has 0 bridgehead atoms. The summed E-state index contributed by atoms with van der Waals surface area (Å²) >= 11 is 0. The van der Waals surface area contributed by atoms with Crippen molar-refractivity contribution >= 4 is 9.84 Å². The zero-order valence-electron chi connectivity index (χ0n) is 8.06. The van der Waals surface area contributed by atoms with Crippen LogP contribution in [-0.2, 0) is 16.4 Å². The lowest BCUT2D eigenvalue weighted by atomic mass is 10.4. The molecular weight excluding hydrogens is 204 g/mol. The molecule has 0 aliphatic rings. The Balaban J connectivity index is 2.06. The van der Waals surface area contributed by atoms with Gasteiger partial charge in [0.05, 0.1) is 11.4 Å². The Morgan fingerprint density at radius 1 is 1.57 bits per heavy atom.